The first-order valence-electron chi connectivity index (χ1n) is 8.11. The smallest absolute Gasteiger partial charge is 0.323 e. The van der Waals surface area contributed by atoms with Gasteiger partial charge in [0.2, 0.25) is 5.13 Å². The van der Waals surface area contributed by atoms with Crippen LogP contribution >= 0.6 is 11.3 Å². The summed E-state index contributed by atoms with van der Waals surface area (Å²) >= 11 is 1.47. The molecule has 0 bridgehead atoms. The zero-order valence-corrected chi connectivity index (χ0v) is 14.3. The third-order valence-electron chi connectivity index (χ3n) is 4.27. The van der Waals surface area contributed by atoms with Crippen molar-refractivity contribution in [3.63, 3.8) is 0 Å². The van der Waals surface area contributed by atoms with E-state index in [0.29, 0.717) is 11.0 Å². The Morgan fingerprint density at radius 3 is 2.83 bits per heavy atom. The lowest BCUT2D eigenvalue weighted by Gasteiger charge is -2.15. The van der Waals surface area contributed by atoms with Crippen LogP contribution in [0.3, 0.4) is 0 Å². The van der Waals surface area contributed by atoms with Crippen LogP contribution < -0.4 is 5.32 Å². The number of anilines is 1. The average Bonchev–Trinajstić information content (AvgIpc) is 3.19. The van der Waals surface area contributed by atoms with Crippen LogP contribution in [-0.4, -0.2) is 34.2 Å². The number of urea groups is 1. The molecule has 2 unspecified atom stereocenters. The van der Waals surface area contributed by atoms with Gasteiger partial charge in [0.1, 0.15) is 5.01 Å². The van der Waals surface area contributed by atoms with E-state index >= 15 is 0 Å². The molecule has 23 heavy (non-hydrogen) atoms. The van der Waals surface area contributed by atoms with Gasteiger partial charge < -0.3 is 4.90 Å². The second-order valence-corrected chi connectivity index (χ2v) is 7.10. The van der Waals surface area contributed by atoms with Gasteiger partial charge in [-0.05, 0) is 24.3 Å². The van der Waals surface area contributed by atoms with E-state index in [0.717, 1.165) is 30.9 Å². The third kappa shape index (κ3) is 3.69. The number of benzene rings is 1. The van der Waals surface area contributed by atoms with Gasteiger partial charge in [-0.25, -0.2) is 4.79 Å². The van der Waals surface area contributed by atoms with Crippen LogP contribution in [0.5, 0.6) is 0 Å². The van der Waals surface area contributed by atoms with Gasteiger partial charge in [-0.1, -0.05) is 55.5 Å². The minimum Gasteiger partial charge on any atom is -0.324 e. The highest BCUT2D eigenvalue weighted by molar-refractivity contribution is 7.15. The molecule has 1 aliphatic rings. The second kappa shape index (κ2) is 7.08. The summed E-state index contributed by atoms with van der Waals surface area (Å²) < 4.78 is 0. The van der Waals surface area contributed by atoms with Gasteiger partial charge in [0.05, 0.1) is 0 Å². The van der Waals surface area contributed by atoms with Crippen molar-refractivity contribution in [3.8, 4) is 0 Å². The number of amides is 2. The Bertz CT molecular complexity index is 658. The Kier molecular flexibility index (Phi) is 4.91. The molecule has 0 spiro atoms. The van der Waals surface area contributed by atoms with E-state index in [1.807, 2.05) is 23.1 Å². The Hall–Kier alpha value is -1.95. The summed E-state index contributed by atoms with van der Waals surface area (Å²) in [6, 6.07) is 10.2. The van der Waals surface area contributed by atoms with Gasteiger partial charge in [0, 0.05) is 19.0 Å². The molecule has 1 fully saturated rings. The van der Waals surface area contributed by atoms with E-state index in [-0.39, 0.29) is 11.9 Å². The predicted molar refractivity (Wildman–Crippen MR) is 92.9 cm³/mol. The quantitative estimate of drug-likeness (QED) is 0.923. The molecule has 1 aromatic heterocycles. The van der Waals surface area contributed by atoms with Crippen molar-refractivity contribution in [1.82, 2.24) is 15.1 Å². The predicted octanol–water partition coefficient (Wildman–Crippen LogP) is 3.95. The fraction of sp³-hybridized carbons (Fsp3) is 0.471. The van der Waals surface area contributed by atoms with Crippen LogP contribution in [0.15, 0.2) is 30.3 Å². The summed E-state index contributed by atoms with van der Waals surface area (Å²) in [6.07, 6.45) is 2.02. The number of likely N-dealkylation sites (tertiary alicyclic amines) is 1. The van der Waals surface area contributed by atoms with E-state index < -0.39 is 0 Å². The molecular weight excluding hydrogens is 308 g/mol. The van der Waals surface area contributed by atoms with Crippen molar-refractivity contribution >= 4 is 22.5 Å². The monoisotopic (exact) mass is 330 g/mol. The molecule has 0 radical (unpaired) electrons. The highest BCUT2D eigenvalue weighted by atomic mass is 32.1. The Morgan fingerprint density at radius 2 is 2.17 bits per heavy atom. The highest BCUT2D eigenvalue weighted by Gasteiger charge is 2.24. The molecule has 1 aromatic carbocycles. The first-order valence-corrected chi connectivity index (χ1v) is 8.93. The molecule has 2 atom stereocenters. The topological polar surface area (TPSA) is 58.1 Å². The van der Waals surface area contributed by atoms with Crippen LogP contribution in [0.25, 0.3) is 0 Å². The lowest BCUT2D eigenvalue weighted by molar-refractivity contribution is 0.221. The number of nitrogens with zero attached hydrogens (tertiary/aromatic N) is 3. The van der Waals surface area contributed by atoms with Gasteiger partial charge in [0.15, 0.2) is 0 Å². The summed E-state index contributed by atoms with van der Waals surface area (Å²) in [5, 5.41) is 12.9. The first kappa shape index (κ1) is 15.9. The first-order chi connectivity index (χ1) is 11.2. The number of aromatic nitrogens is 2. The molecule has 2 aromatic rings. The van der Waals surface area contributed by atoms with Crippen LogP contribution in [0.1, 0.15) is 43.2 Å². The normalized spacial score (nSPS) is 18.9. The van der Waals surface area contributed by atoms with Crippen LogP contribution in [0.2, 0.25) is 0 Å². The zero-order valence-electron chi connectivity index (χ0n) is 13.5. The van der Waals surface area contributed by atoms with E-state index in [2.05, 4.69) is 41.5 Å². The molecular formula is C17H22N4OS. The molecule has 2 amide bonds. The number of nitrogens with one attached hydrogen (secondary N) is 1. The number of carbonyl (C=O) groups is 1. The summed E-state index contributed by atoms with van der Waals surface area (Å²) in [5.74, 6) is 0.805. The van der Waals surface area contributed by atoms with Crippen molar-refractivity contribution in [2.24, 2.45) is 5.92 Å². The number of hydrogen-bond donors (Lipinski definition) is 1. The van der Waals surface area contributed by atoms with Crippen molar-refractivity contribution in [1.29, 1.82) is 0 Å². The molecule has 3 rings (SSSR count). The van der Waals surface area contributed by atoms with Crippen molar-refractivity contribution in [2.75, 3.05) is 18.4 Å². The van der Waals surface area contributed by atoms with Crippen LogP contribution in [0, 0.1) is 5.92 Å². The second-order valence-electron chi connectivity index (χ2n) is 6.09. The standard InChI is InChI=1S/C17H22N4OS/c1-3-14(13-7-5-4-6-8-13)15-19-20-16(23-15)18-17(22)21-10-9-12(2)11-21/h4-8,12,14H,3,9-11H2,1-2H3,(H,18,20,22). The Balaban J connectivity index is 1.69. The minimum atomic E-state index is -0.0650. The van der Waals surface area contributed by atoms with Gasteiger partial charge in [-0.3, -0.25) is 5.32 Å². The maximum atomic E-state index is 12.2. The van der Waals surface area contributed by atoms with Crippen LogP contribution in [0.4, 0.5) is 9.93 Å². The minimum absolute atomic E-state index is 0.0650. The summed E-state index contributed by atoms with van der Waals surface area (Å²) in [6.45, 7) is 5.95. The molecule has 0 aliphatic carbocycles. The Morgan fingerprint density at radius 1 is 1.39 bits per heavy atom. The third-order valence-corrected chi connectivity index (χ3v) is 5.23. The molecule has 5 nitrogen and oxygen atoms in total. The average molecular weight is 330 g/mol. The SMILES string of the molecule is CCC(c1ccccc1)c1nnc(NC(=O)N2CCC(C)C2)s1. The van der Waals surface area contributed by atoms with E-state index in [1.54, 1.807) is 0 Å². The Labute approximate surface area is 140 Å². The van der Waals surface area contributed by atoms with Gasteiger partial charge >= 0.3 is 6.03 Å². The lowest BCUT2D eigenvalue weighted by Crippen LogP contribution is -2.32. The fourth-order valence-electron chi connectivity index (χ4n) is 2.95. The molecule has 1 aliphatic heterocycles. The van der Waals surface area contributed by atoms with Gasteiger partial charge in [0.25, 0.3) is 0 Å². The molecule has 1 saturated heterocycles. The molecule has 122 valence electrons. The maximum Gasteiger partial charge on any atom is 0.323 e. The maximum absolute atomic E-state index is 12.2. The number of carbonyl (C=O) groups excluding carboxylic acids is 1. The van der Waals surface area contributed by atoms with Crippen molar-refractivity contribution in [2.45, 2.75) is 32.6 Å². The molecule has 1 N–H and O–H groups in total. The zero-order chi connectivity index (χ0) is 16.2. The highest BCUT2D eigenvalue weighted by Crippen LogP contribution is 2.31. The molecule has 2 heterocycles. The van der Waals surface area contributed by atoms with Gasteiger partial charge in [-0.15, -0.1) is 10.2 Å². The molecule has 6 heteroatoms. The number of hydrogen-bond acceptors (Lipinski definition) is 4. The summed E-state index contributed by atoms with van der Waals surface area (Å²) in [7, 11) is 0. The van der Waals surface area contributed by atoms with Crippen molar-refractivity contribution < 1.29 is 4.79 Å². The largest absolute Gasteiger partial charge is 0.324 e. The fourth-order valence-corrected chi connectivity index (χ4v) is 3.90. The van der Waals surface area contributed by atoms with Crippen molar-refractivity contribution in [3.05, 3.63) is 40.9 Å². The van der Waals surface area contributed by atoms with E-state index in [1.165, 1.54) is 16.9 Å². The number of rotatable bonds is 4. The summed E-state index contributed by atoms with van der Waals surface area (Å²) in [5.41, 5.74) is 1.23. The lowest BCUT2D eigenvalue weighted by atomic mass is 9.97. The van der Waals surface area contributed by atoms with E-state index in [9.17, 15) is 4.79 Å². The van der Waals surface area contributed by atoms with Crippen LogP contribution in [-0.2, 0) is 0 Å². The molecule has 0 saturated carbocycles. The van der Waals surface area contributed by atoms with Gasteiger partial charge in [-0.2, -0.15) is 0 Å². The summed E-state index contributed by atoms with van der Waals surface area (Å²) in [4.78, 5) is 14.1. The van der Waals surface area contributed by atoms with E-state index in [4.69, 9.17) is 0 Å².